The largest absolute Gasteiger partial charge is 0.390 e. The highest BCUT2D eigenvalue weighted by atomic mass is 16.5. The smallest absolute Gasteiger partial charge is 0.167 e. The zero-order valence-corrected chi connectivity index (χ0v) is 12.1. The van der Waals surface area contributed by atoms with Gasteiger partial charge in [0.05, 0.1) is 17.3 Å². The lowest BCUT2D eigenvalue weighted by atomic mass is 9.55. The van der Waals surface area contributed by atoms with Gasteiger partial charge in [-0.25, -0.2) is 0 Å². The van der Waals surface area contributed by atoms with Crippen LogP contribution in [0.3, 0.4) is 0 Å². The molecule has 0 amide bonds. The van der Waals surface area contributed by atoms with Crippen LogP contribution in [0.15, 0.2) is 0 Å². The SMILES string of the molecule is CC1(C)O[C@@H]2[C@H]3[C@H]1CC[C@](C)(O)[C@@H]3CC(=O)[C@]2(C)O. The van der Waals surface area contributed by atoms with E-state index >= 15 is 0 Å². The number of ether oxygens (including phenoxy) is 1. The summed E-state index contributed by atoms with van der Waals surface area (Å²) in [4.78, 5) is 12.2. The zero-order valence-electron chi connectivity index (χ0n) is 12.1. The summed E-state index contributed by atoms with van der Waals surface area (Å²) < 4.78 is 6.06. The van der Waals surface area contributed by atoms with Gasteiger partial charge in [-0.05, 0) is 52.4 Å². The number of carbonyl (C=O) groups is 1. The number of Topliss-reactive ketones (excluding diaryl/α,β-unsaturated/α-hetero) is 1. The number of aliphatic hydroxyl groups is 2. The van der Waals surface area contributed by atoms with E-state index in [2.05, 4.69) is 0 Å². The maximum atomic E-state index is 12.2. The number of carbonyl (C=O) groups excluding carboxylic acids is 1. The van der Waals surface area contributed by atoms with E-state index in [4.69, 9.17) is 4.74 Å². The quantitative estimate of drug-likeness (QED) is 0.694. The van der Waals surface area contributed by atoms with Crippen molar-refractivity contribution in [3.05, 3.63) is 0 Å². The lowest BCUT2D eigenvalue weighted by Gasteiger charge is -2.51. The molecule has 2 saturated carbocycles. The van der Waals surface area contributed by atoms with Crippen LogP contribution in [-0.2, 0) is 9.53 Å². The molecule has 0 spiro atoms. The van der Waals surface area contributed by atoms with Crippen molar-refractivity contribution in [1.82, 2.24) is 0 Å². The highest BCUT2D eigenvalue weighted by Crippen LogP contribution is 2.59. The van der Waals surface area contributed by atoms with Crippen molar-refractivity contribution in [2.75, 3.05) is 0 Å². The molecule has 1 aliphatic heterocycles. The van der Waals surface area contributed by atoms with Crippen molar-refractivity contribution in [3.63, 3.8) is 0 Å². The van der Waals surface area contributed by atoms with E-state index in [0.29, 0.717) is 12.3 Å². The molecule has 6 atom stereocenters. The molecule has 3 fully saturated rings. The lowest BCUT2D eigenvalue weighted by molar-refractivity contribution is -0.184. The Hall–Kier alpha value is -0.450. The fourth-order valence-electron chi connectivity index (χ4n) is 4.66. The van der Waals surface area contributed by atoms with E-state index in [0.717, 1.165) is 6.42 Å². The van der Waals surface area contributed by atoms with Crippen LogP contribution >= 0.6 is 0 Å². The van der Waals surface area contributed by atoms with Gasteiger partial charge in [-0.2, -0.15) is 0 Å². The fraction of sp³-hybridized carbons (Fsp3) is 0.933. The summed E-state index contributed by atoms with van der Waals surface area (Å²) in [5.74, 6) is 0.0943. The van der Waals surface area contributed by atoms with Crippen molar-refractivity contribution in [1.29, 1.82) is 0 Å². The van der Waals surface area contributed by atoms with Gasteiger partial charge in [-0.1, -0.05) is 0 Å². The van der Waals surface area contributed by atoms with E-state index in [1.807, 2.05) is 20.8 Å². The summed E-state index contributed by atoms with van der Waals surface area (Å²) in [6, 6.07) is 0. The minimum Gasteiger partial charge on any atom is -0.390 e. The van der Waals surface area contributed by atoms with E-state index in [-0.39, 0.29) is 29.6 Å². The first-order valence-electron chi connectivity index (χ1n) is 7.23. The van der Waals surface area contributed by atoms with Crippen LogP contribution < -0.4 is 0 Å². The first-order valence-corrected chi connectivity index (χ1v) is 7.23. The number of rotatable bonds is 0. The molecule has 0 bridgehead atoms. The zero-order chi connectivity index (χ0) is 14.2. The van der Waals surface area contributed by atoms with Crippen molar-refractivity contribution in [2.24, 2.45) is 17.8 Å². The Labute approximate surface area is 114 Å². The van der Waals surface area contributed by atoms with Gasteiger partial charge in [-0.3, -0.25) is 4.79 Å². The minimum atomic E-state index is -1.42. The molecule has 0 radical (unpaired) electrons. The Morgan fingerprint density at radius 3 is 2.42 bits per heavy atom. The van der Waals surface area contributed by atoms with Crippen LogP contribution in [0.1, 0.15) is 47.0 Å². The number of hydrogen-bond acceptors (Lipinski definition) is 4. The van der Waals surface area contributed by atoms with Gasteiger partial charge in [-0.15, -0.1) is 0 Å². The van der Waals surface area contributed by atoms with Gasteiger partial charge in [0.1, 0.15) is 5.60 Å². The molecule has 3 aliphatic rings. The molecule has 0 aromatic rings. The van der Waals surface area contributed by atoms with Crippen LogP contribution in [0.5, 0.6) is 0 Å². The molecule has 0 unspecified atom stereocenters. The van der Waals surface area contributed by atoms with Gasteiger partial charge in [0.15, 0.2) is 5.78 Å². The monoisotopic (exact) mass is 268 g/mol. The summed E-state index contributed by atoms with van der Waals surface area (Å²) in [6.07, 6.45) is 1.37. The predicted octanol–water partition coefficient (Wildman–Crippen LogP) is 1.28. The maximum absolute atomic E-state index is 12.2. The fourth-order valence-corrected chi connectivity index (χ4v) is 4.66. The molecule has 2 N–H and O–H groups in total. The van der Waals surface area contributed by atoms with Crippen LogP contribution in [-0.4, -0.2) is 38.9 Å². The third-order valence-corrected chi connectivity index (χ3v) is 5.89. The molecule has 4 nitrogen and oxygen atoms in total. The Balaban J connectivity index is 2.07. The van der Waals surface area contributed by atoms with Gasteiger partial charge in [0.2, 0.25) is 0 Å². The lowest BCUT2D eigenvalue weighted by Crippen LogP contribution is -2.61. The van der Waals surface area contributed by atoms with E-state index in [1.54, 1.807) is 6.92 Å². The third kappa shape index (κ3) is 1.66. The van der Waals surface area contributed by atoms with Crippen LogP contribution in [0.2, 0.25) is 0 Å². The molecular formula is C15H24O4. The third-order valence-electron chi connectivity index (χ3n) is 5.89. The van der Waals surface area contributed by atoms with Gasteiger partial charge < -0.3 is 14.9 Å². The summed E-state index contributed by atoms with van der Waals surface area (Å²) in [5.41, 5.74) is -2.57. The second-order valence-corrected chi connectivity index (χ2v) is 7.60. The second-order valence-electron chi connectivity index (χ2n) is 7.60. The standard InChI is InChI=1S/C15H24O4/c1-13(2)8-5-6-14(3,17)9-7-10(16)15(4,18)12(19-13)11(8)9/h8-9,11-12,17-18H,5-7H2,1-4H3/t8-,9-,11+,12-,14+,15+/m1/s1. The van der Waals surface area contributed by atoms with E-state index in [9.17, 15) is 15.0 Å². The van der Waals surface area contributed by atoms with Crippen LogP contribution in [0.4, 0.5) is 0 Å². The minimum absolute atomic E-state index is 0.0754. The van der Waals surface area contributed by atoms with Crippen molar-refractivity contribution in [2.45, 2.75) is 69.9 Å². The Morgan fingerprint density at radius 2 is 1.79 bits per heavy atom. The molecule has 108 valence electrons. The van der Waals surface area contributed by atoms with Crippen molar-refractivity contribution < 1.29 is 19.7 Å². The average molecular weight is 268 g/mol. The Bertz CT molecular complexity index is 424. The molecule has 3 rings (SSSR count). The summed E-state index contributed by atoms with van der Waals surface area (Å²) in [5, 5.41) is 21.1. The summed E-state index contributed by atoms with van der Waals surface area (Å²) >= 11 is 0. The summed E-state index contributed by atoms with van der Waals surface area (Å²) in [7, 11) is 0. The maximum Gasteiger partial charge on any atom is 0.167 e. The van der Waals surface area contributed by atoms with Crippen LogP contribution in [0.25, 0.3) is 0 Å². The molecule has 1 heterocycles. The second kappa shape index (κ2) is 3.60. The predicted molar refractivity (Wildman–Crippen MR) is 69.5 cm³/mol. The molecule has 1 saturated heterocycles. The topological polar surface area (TPSA) is 66.8 Å². The molecule has 0 aromatic heterocycles. The molecule has 4 heteroatoms. The Morgan fingerprint density at radius 1 is 1.16 bits per heavy atom. The average Bonchev–Trinajstić information content (AvgIpc) is 2.53. The van der Waals surface area contributed by atoms with Gasteiger partial charge in [0.25, 0.3) is 0 Å². The highest BCUT2D eigenvalue weighted by Gasteiger charge is 2.66. The van der Waals surface area contributed by atoms with E-state index < -0.39 is 17.3 Å². The molecule has 0 aromatic carbocycles. The Kier molecular flexibility index (Phi) is 2.56. The molecule has 19 heavy (non-hydrogen) atoms. The van der Waals surface area contributed by atoms with Crippen molar-refractivity contribution >= 4 is 5.78 Å². The van der Waals surface area contributed by atoms with Gasteiger partial charge in [0, 0.05) is 12.3 Å². The van der Waals surface area contributed by atoms with Gasteiger partial charge >= 0.3 is 0 Å². The first-order chi connectivity index (χ1) is 8.57. The first kappa shape index (κ1) is 13.5. The normalized spacial score (nSPS) is 56.0. The molecule has 2 aliphatic carbocycles. The highest BCUT2D eigenvalue weighted by molar-refractivity contribution is 5.89. The summed E-state index contributed by atoms with van der Waals surface area (Å²) in [6.45, 7) is 7.46. The molecular weight excluding hydrogens is 244 g/mol. The number of hydrogen-bond donors (Lipinski definition) is 2. The number of ketones is 1. The van der Waals surface area contributed by atoms with Crippen LogP contribution in [0, 0.1) is 17.8 Å². The van der Waals surface area contributed by atoms with Crippen molar-refractivity contribution in [3.8, 4) is 0 Å². The van der Waals surface area contributed by atoms with E-state index in [1.165, 1.54) is 0 Å².